The van der Waals surface area contributed by atoms with Gasteiger partial charge < -0.3 is 9.84 Å². The number of carbonyl (C=O) groups excluding carboxylic acids is 2. The van der Waals surface area contributed by atoms with Crippen molar-refractivity contribution < 1.29 is 19.4 Å². The number of esters is 1. The highest BCUT2D eigenvalue weighted by atomic mass is 16.5. The van der Waals surface area contributed by atoms with Crippen molar-refractivity contribution in [2.45, 2.75) is 72.5 Å². The fourth-order valence-corrected chi connectivity index (χ4v) is 4.22. The lowest BCUT2D eigenvalue weighted by Gasteiger charge is -2.44. The number of ether oxygens (including phenoxy) is 1. The normalized spacial score (nSPS) is 37.1. The van der Waals surface area contributed by atoms with Crippen molar-refractivity contribution in [2.75, 3.05) is 0 Å². The van der Waals surface area contributed by atoms with E-state index < -0.39 is 23.1 Å². The van der Waals surface area contributed by atoms with Crippen molar-refractivity contribution in [3.63, 3.8) is 0 Å². The van der Waals surface area contributed by atoms with Gasteiger partial charge in [-0.15, -0.1) is 0 Å². The summed E-state index contributed by atoms with van der Waals surface area (Å²) in [5.74, 6) is -0.366. The topological polar surface area (TPSA) is 63.6 Å². The lowest BCUT2D eigenvalue weighted by atomic mass is 9.65. The van der Waals surface area contributed by atoms with Crippen molar-refractivity contribution in [1.82, 2.24) is 0 Å². The van der Waals surface area contributed by atoms with Crippen LogP contribution in [0.4, 0.5) is 0 Å². The van der Waals surface area contributed by atoms with Gasteiger partial charge in [0, 0.05) is 12.0 Å². The van der Waals surface area contributed by atoms with Gasteiger partial charge in [0.2, 0.25) is 0 Å². The average molecular weight is 334 g/mol. The Kier molecular flexibility index (Phi) is 5.10. The van der Waals surface area contributed by atoms with Crippen LogP contribution in [0, 0.1) is 17.3 Å². The Labute approximate surface area is 145 Å². The molecule has 1 fully saturated rings. The van der Waals surface area contributed by atoms with Gasteiger partial charge in [-0.3, -0.25) is 4.79 Å². The molecule has 1 saturated carbocycles. The highest BCUT2D eigenvalue weighted by molar-refractivity contribution is 5.92. The molecule has 0 unspecified atom stereocenters. The predicted octanol–water partition coefficient (Wildman–Crippen LogP) is 3.59. The average Bonchev–Trinajstić information content (AvgIpc) is 2.67. The third-order valence-electron chi connectivity index (χ3n) is 6.20. The fraction of sp³-hybridized carbons (Fsp3) is 0.700. The smallest absolute Gasteiger partial charge is 0.334 e. The Morgan fingerprint density at radius 1 is 1.46 bits per heavy atom. The molecule has 134 valence electrons. The quantitative estimate of drug-likeness (QED) is 0.487. The molecule has 2 aliphatic carbocycles. The molecule has 4 nitrogen and oxygen atoms in total. The van der Waals surface area contributed by atoms with E-state index in [0.29, 0.717) is 24.8 Å². The third-order valence-corrected chi connectivity index (χ3v) is 6.20. The number of rotatable bonds is 3. The maximum Gasteiger partial charge on any atom is 0.334 e. The number of carbonyl (C=O) groups is 2. The van der Waals surface area contributed by atoms with E-state index in [1.807, 2.05) is 26.8 Å². The van der Waals surface area contributed by atoms with E-state index in [9.17, 15) is 14.7 Å². The Bertz CT molecular complexity index is 601. The molecule has 0 saturated heterocycles. The Hall–Kier alpha value is -1.42. The highest BCUT2D eigenvalue weighted by Gasteiger charge is 2.66. The van der Waals surface area contributed by atoms with Gasteiger partial charge in [0.25, 0.3) is 0 Å². The maximum atomic E-state index is 12.9. The Morgan fingerprint density at radius 3 is 2.62 bits per heavy atom. The van der Waals surface area contributed by atoms with Crippen molar-refractivity contribution in [3.8, 4) is 0 Å². The summed E-state index contributed by atoms with van der Waals surface area (Å²) in [5.41, 5.74) is -0.696. The van der Waals surface area contributed by atoms with Gasteiger partial charge in [-0.05, 0) is 58.4 Å². The highest BCUT2D eigenvalue weighted by Crippen LogP contribution is 2.56. The van der Waals surface area contributed by atoms with E-state index in [2.05, 4.69) is 0 Å². The predicted molar refractivity (Wildman–Crippen MR) is 93.3 cm³/mol. The second-order valence-corrected chi connectivity index (χ2v) is 7.92. The summed E-state index contributed by atoms with van der Waals surface area (Å²) in [4.78, 5) is 25.3. The van der Waals surface area contributed by atoms with Gasteiger partial charge >= 0.3 is 5.97 Å². The van der Waals surface area contributed by atoms with Crippen LogP contribution in [0.15, 0.2) is 23.3 Å². The second kappa shape index (κ2) is 6.47. The first-order chi connectivity index (χ1) is 11.1. The van der Waals surface area contributed by atoms with E-state index in [4.69, 9.17) is 4.74 Å². The van der Waals surface area contributed by atoms with Gasteiger partial charge in [0.05, 0.1) is 11.0 Å². The van der Waals surface area contributed by atoms with Crippen LogP contribution in [0.3, 0.4) is 0 Å². The van der Waals surface area contributed by atoms with Gasteiger partial charge in [-0.25, -0.2) is 4.79 Å². The van der Waals surface area contributed by atoms with Gasteiger partial charge in [-0.1, -0.05) is 25.5 Å². The van der Waals surface area contributed by atoms with Gasteiger partial charge in [0.1, 0.15) is 11.9 Å². The standard InChI is InChI=1S/C20H30O4/c1-7-14(5)18(22)24-17-10-13(4)8-9-20(23)15(12(2)3)11-16(21)19(17,20)6/h7,10,12,15,17,23H,8-9,11H2,1-6H3/b14-7+/t15-,17-,19-,20+/m0/s1. The zero-order valence-electron chi connectivity index (χ0n) is 15.7. The molecular weight excluding hydrogens is 304 g/mol. The van der Waals surface area contributed by atoms with Crippen LogP contribution in [0.5, 0.6) is 0 Å². The monoisotopic (exact) mass is 334 g/mol. The molecular formula is C20H30O4. The minimum Gasteiger partial charge on any atom is -0.454 e. The van der Waals surface area contributed by atoms with Crippen molar-refractivity contribution in [2.24, 2.45) is 17.3 Å². The lowest BCUT2D eigenvalue weighted by molar-refractivity contribution is -0.171. The number of hydrogen-bond donors (Lipinski definition) is 1. The molecule has 0 amide bonds. The van der Waals surface area contributed by atoms with Crippen LogP contribution in [-0.2, 0) is 14.3 Å². The molecule has 2 aliphatic rings. The summed E-state index contributed by atoms with van der Waals surface area (Å²) in [6.45, 7) is 11.3. The van der Waals surface area contributed by atoms with Crippen molar-refractivity contribution in [1.29, 1.82) is 0 Å². The number of aliphatic hydroxyl groups is 1. The molecule has 0 radical (unpaired) electrons. The first-order valence-corrected chi connectivity index (χ1v) is 8.84. The maximum absolute atomic E-state index is 12.9. The van der Waals surface area contributed by atoms with Crippen LogP contribution in [-0.4, -0.2) is 28.6 Å². The summed E-state index contributed by atoms with van der Waals surface area (Å²) in [7, 11) is 0. The minimum absolute atomic E-state index is 0.00872. The molecule has 2 rings (SSSR count). The minimum atomic E-state index is -1.15. The molecule has 0 aliphatic heterocycles. The summed E-state index contributed by atoms with van der Waals surface area (Å²) in [5, 5.41) is 11.6. The molecule has 24 heavy (non-hydrogen) atoms. The van der Waals surface area contributed by atoms with Crippen LogP contribution in [0.1, 0.15) is 60.8 Å². The van der Waals surface area contributed by atoms with Crippen LogP contribution in [0.2, 0.25) is 0 Å². The SMILES string of the molecule is C/C=C(\C)C(=O)O[C@H]1C=C(C)CC[C@@]2(O)[C@H](C(C)C)CC(=O)[C@@]12C. The molecule has 0 spiro atoms. The molecule has 0 heterocycles. The Morgan fingerprint density at radius 2 is 2.08 bits per heavy atom. The molecule has 0 bridgehead atoms. The van der Waals surface area contributed by atoms with Gasteiger partial charge in [-0.2, -0.15) is 0 Å². The number of hydrogen-bond acceptors (Lipinski definition) is 4. The van der Waals surface area contributed by atoms with E-state index >= 15 is 0 Å². The molecule has 1 N–H and O–H groups in total. The Balaban J connectivity index is 2.50. The largest absolute Gasteiger partial charge is 0.454 e. The number of fused-ring (bicyclic) bond motifs is 1. The van der Waals surface area contributed by atoms with Gasteiger partial charge in [0.15, 0.2) is 0 Å². The fourth-order valence-electron chi connectivity index (χ4n) is 4.22. The molecule has 0 aromatic heterocycles. The summed E-state index contributed by atoms with van der Waals surface area (Å²) >= 11 is 0. The lowest BCUT2D eigenvalue weighted by Crippen LogP contribution is -2.56. The van der Waals surface area contributed by atoms with Crippen molar-refractivity contribution in [3.05, 3.63) is 23.3 Å². The van der Waals surface area contributed by atoms with Crippen molar-refractivity contribution >= 4 is 11.8 Å². The zero-order chi connectivity index (χ0) is 18.3. The number of ketones is 1. The molecule has 0 aromatic rings. The van der Waals surface area contributed by atoms with Crippen LogP contribution >= 0.6 is 0 Å². The van der Waals surface area contributed by atoms with E-state index in [1.165, 1.54) is 0 Å². The molecule has 0 aromatic carbocycles. The first kappa shape index (κ1) is 18.9. The van der Waals surface area contributed by atoms with E-state index in [1.54, 1.807) is 26.8 Å². The zero-order valence-corrected chi connectivity index (χ0v) is 15.7. The number of allylic oxidation sites excluding steroid dienone is 2. The van der Waals surface area contributed by atoms with E-state index in [0.717, 1.165) is 5.57 Å². The van der Waals surface area contributed by atoms with Crippen LogP contribution in [0.25, 0.3) is 0 Å². The summed E-state index contributed by atoms with van der Waals surface area (Å²) < 4.78 is 5.71. The molecule has 4 heteroatoms. The number of Topliss-reactive ketones (excluding diaryl/α,β-unsaturated/α-hetero) is 1. The molecule has 4 atom stereocenters. The van der Waals surface area contributed by atoms with E-state index in [-0.39, 0.29) is 17.6 Å². The summed E-state index contributed by atoms with van der Waals surface area (Å²) in [6, 6.07) is 0. The third kappa shape index (κ3) is 2.75. The second-order valence-electron chi connectivity index (χ2n) is 7.92. The van der Waals surface area contributed by atoms with Crippen LogP contribution < -0.4 is 0 Å². The summed E-state index contributed by atoms with van der Waals surface area (Å²) in [6.07, 6.45) is 4.39. The first-order valence-electron chi connectivity index (χ1n) is 8.84.